The number of benzene rings is 2. The van der Waals surface area contributed by atoms with Crippen LogP contribution < -0.4 is 0 Å². The van der Waals surface area contributed by atoms with E-state index in [1.165, 1.54) is 23.9 Å². The summed E-state index contributed by atoms with van der Waals surface area (Å²) in [5, 5.41) is 20.1. The van der Waals surface area contributed by atoms with Crippen molar-refractivity contribution in [1.82, 2.24) is 0 Å². The van der Waals surface area contributed by atoms with Gasteiger partial charge in [0.1, 0.15) is 12.0 Å². The zero-order valence-electron chi connectivity index (χ0n) is 12.3. The molecule has 0 saturated heterocycles. The van der Waals surface area contributed by atoms with Crippen LogP contribution in [-0.4, -0.2) is 10.7 Å². The maximum atomic E-state index is 11.8. The Hall–Kier alpha value is -3.11. The molecule has 6 nitrogen and oxygen atoms in total. The summed E-state index contributed by atoms with van der Waals surface area (Å²) in [6.45, 7) is 0. The van der Waals surface area contributed by atoms with Crippen molar-refractivity contribution in [3.8, 4) is 6.07 Å². The molecule has 1 heterocycles. The highest BCUT2D eigenvalue weighted by Crippen LogP contribution is 2.35. The van der Waals surface area contributed by atoms with Crippen LogP contribution in [0.3, 0.4) is 0 Å². The first-order valence-corrected chi connectivity index (χ1v) is 7.75. The van der Waals surface area contributed by atoms with Crippen LogP contribution in [0.4, 0.5) is 5.69 Å². The van der Waals surface area contributed by atoms with E-state index in [2.05, 4.69) is 0 Å². The molecule has 0 spiro atoms. The van der Waals surface area contributed by atoms with E-state index in [0.717, 1.165) is 15.2 Å². The zero-order valence-corrected chi connectivity index (χ0v) is 13.1. The molecular formula is C17H10N2O4S. The average Bonchev–Trinajstić information content (AvgIpc) is 3.01. The highest BCUT2D eigenvalue weighted by Gasteiger charge is 2.14. The third-order valence-electron chi connectivity index (χ3n) is 3.31. The maximum absolute atomic E-state index is 11.8. The minimum absolute atomic E-state index is 0.0326. The van der Waals surface area contributed by atoms with E-state index in [1.807, 2.05) is 12.1 Å². The van der Waals surface area contributed by atoms with Gasteiger partial charge in [0.15, 0.2) is 5.76 Å². The molecule has 0 N–H and O–H groups in total. The van der Waals surface area contributed by atoms with Gasteiger partial charge in [-0.15, -0.1) is 0 Å². The first kappa shape index (κ1) is 15.8. The van der Waals surface area contributed by atoms with Crippen molar-refractivity contribution in [3.63, 3.8) is 0 Å². The average molecular weight is 338 g/mol. The maximum Gasteiger partial charge on any atom is 0.269 e. The molecule has 0 bridgehead atoms. The smallest absolute Gasteiger partial charge is 0.269 e. The van der Waals surface area contributed by atoms with E-state index in [9.17, 15) is 14.9 Å². The second-order valence-corrected chi connectivity index (χ2v) is 6.01. The van der Waals surface area contributed by atoms with Crippen LogP contribution in [0.5, 0.6) is 0 Å². The van der Waals surface area contributed by atoms with E-state index >= 15 is 0 Å². The number of rotatable bonds is 5. The van der Waals surface area contributed by atoms with E-state index in [1.54, 1.807) is 30.3 Å². The van der Waals surface area contributed by atoms with Gasteiger partial charge in [-0.1, -0.05) is 17.8 Å². The molecule has 0 aliphatic heterocycles. The molecule has 0 amide bonds. The highest BCUT2D eigenvalue weighted by molar-refractivity contribution is 7.99. The largest absolute Gasteiger partial charge is 0.453 e. The highest BCUT2D eigenvalue weighted by atomic mass is 32.2. The van der Waals surface area contributed by atoms with Crippen LogP contribution in [0.2, 0.25) is 0 Å². The number of hydrogen-bond acceptors (Lipinski definition) is 6. The number of carbonyl (C=O) groups is 1. The molecule has 3 aromatic rings. The molecule has 0 aliphatic rings. The molecule has 118 valence electrons. The standard InChI is InChI=1S/C17H10N2O4S/c18-9-8-14(20)16-10-13-15(23-16)2-1-3-17(13)24-12-6-4-11(5-7-12)19(21)22/h1-7,10H,8H2. The van der Waals surface area contributed by atoms with E-state index < -0.39 is 4.92 Å². The summed E-state index contributed by atoms with van der Waals surface area (Å²) >= 11 is 1.42. The van der Waals surface area contributed by atoms with Gasteiger partial charge in [0.05, 0.1) is 11.0 Å². The minimum atomic E-state index is -0.446. The number of Topliss-reactive ketones (excluding diaryl/α,β-unsaturated/α-hetero) is 1. The summed E-state index contributed by atoms with van der Waals surface area (Å²) in [5.74, 6) is -0.205. The van der Waals surface area contributed by atoms with E-state index in [0.29, 0.717) is 5.58 Å². The van der Waals surface area contributed by atoms with Crippen LogP contribution in [0, 0.1) is 21.4 Å². The normalized spacial score (nSPS) is 10.5. The van der Waals surface area contributed by atoms with Crippen molar-refractivity contribution < 1.29 is 14.1 Å². The summed E-state index contributed by atoms with van der Waals surface area (Å²) in [6.07, 6.45) is -0.231. The van der Waals surface area contributed by atoms with Crippen molar-refractivity contribution in [2.75, 3.05) is 0 Å². The van der Waals surface area contributed by atoms with Gasteiger partial charge in [-0.3, -0.25) is 14.9 Å². The third kappa shape index (κ3) is 3.14. The van der Waals surface area contributed by atoms with E-state index in [4.69, 9.17) is 9.68 Å². The molecule has 7 heteroatoms. The van der Waals surface area contributed by atoms with Crippen LogP contribution in [-0.2, 0) is 0 Å². The molecule has 2 aromatic carbocycles. The predicted octanol–water partition coefficient (Wildman–Crippen LogP) is 4.59. The molecule has 24 heavy (non-hydrogen) atoms. The lowest BCUT2D eigenvalue weighted by Crippen LogP contribution is -1.93. The Kier molecular flexibility index (Phi) is 4.31. The van der Waals surface area contributed by atoms with Gasteiger partial charge in [0.2, 0.25) is 5.78 Å². The lowest BCUT2D eigenvalue weighted by molar-refractivity contribution is -0.384. The van der Waals surface area contributed by atoms with Gasteiger partial charge in [-0.05, 0) is 30.3 Å². The number of fused-ring (bicyclic) bond motifs is 1. The fourth-order valence-electron chi connectivity index (χ4n) is 2.18. The number of ketones is 1. The topological polar surface area (TPSA) is 97.1 Å². The first-order chi connectivity index (χ1) is 11.6. The van der Waals surface area contributed by atoms with Crippen LogP contribution in [0.15, 0.2) is 62.7 Å². The summed E-state index contributed by atoms with van der Waals surface area (Å²) in [7, 11) is 0. The Morgan fingerprint density at radius 3 is 2.67 bits per heavy atom. The second kappa shape index (κ2) is 6.56. The number of non-ortho nitro benzene ring substituents is 1. The van der Waals surface area contributed by atoms with E-state index in [-0.39, 0.29) is 23.7 Å². The summed E-state index contributed by atoms with van der Waals surface area (Å²) in [4.78, 5) is 23.7. The fraction of sp³-hybridized carbons (Fsp3) is 0.0588. The van der Waals surface area contributed by atoms with Gasteiger partial charge < -0.3 is 4.42 Å². The number of carbonyl (C=O) groups excluding carboxylic acids is 1. The first-order valence-electron chi connectivity index (χ1n) is 6.93. The molecule has 0 unspecified atom stereocenters. The number of nitrogens with zero attached hydrogens (tertiary/aromatic N) is 2. The van der Waals surface area contributed by atoms with Crippen molar-refractivity contribution in [2.24, 2.45) is 0 Å². The van der Waals surface area contributed by atoms with Crippen molar-refractivity contribution in [2.45, 2.75) is 16.2 Å². The van der Waals surface area contributed by atoms with Crippen LogP contribution in [0.1, 0.15) is 17.0 Å². The summed E-state index contributed by atoms with van der Waals surface area (Å²) in [6, 6.07) is 15.1. The Bertz CT molecular complexity index is 970. The fourth-order valence-corrected chi connectivity index (χ4v) is 3.12. The monoisotopic (exact) mass is 338 g/mol. The van der Waals surface area contributed by atoms with Crippen LogP contribution >= 0.6 is 11.8 Å². The number of nitriles is 1. The number of furan rings is 1. The minimum Gasteiger partial charge on any atom is -0.453 e. The Labute approximate surface area is 140 Å². The molecule has 0 saturated carbocycles. The second-order valence-electron chi connectivity index (χ2n) is 4.89. The number of nitro benzene ring substituents is 1. The van der Waals surface area contributed by atoms with Crippen molar-refractivity contribution in [3.05, 3.63) is 64.4 Å². The van der Waals surface area contributed by atoms with Gasteiger partial charge >= 0.3 is 0 Å². The molecule has 3 rings (SSSR count). The van der Waals surface area contributed by atoms with Gasteiger partial charge in [-0.25, -0.2) is 0 Å². The van der Waals surface area contributed by atoms with Gasteiger partial charge in [0, 0.05) is 27.3 Å². The Morgan fingerprint density at radius 1 is 1.25 bits per heavy atom. The Balaban J connectivity index is 1.93. The molecule has 0 radical (unpaired) electrons. The number of hydrogen-bond donors (Lipinski definition) is 0. The molecule has 0 fully saturated rings. The molecule has 0 aliphatic carbocycles. The quantitative estimate of drug-likeness (QED) is 0.383. The van der Waals surface area contributed by atoms with Crippen LogP contribution in [0.25, 0.3) is 11.0 Å². The van der Waals surface area contributed by atoms with Crippen molar-refractivity contribution >= 4 is 34.2 Å². The lowest BCUT2D eigenvalue weighted by Gasteiger charge is -2.02. The molecular weight excluding hydrogens is 328 g/mol. The lowest BCUT2D eigenvalue weighted by atomic mass is 10.2. The Morgan fingerprint density at radius 2 is 2.00 bits per heavy atom. The summed E-state index contributed by atoms with van der Waals surface area (Å²) < 4.78 is 5.51. The third-order valence-corrected chi connectivity index (χ3v) is 4.40. The van der Waals surface area contributed by atoms with Gasteiger partial charge in [-0.2, -0.15) is 5.26 Å². The SMILES string of the molecule is N#CCC(=O)c1cc2c(Sc3ccc([N+](=O)[O-])cc3)cccc2o1. The summed E-state index contributed by atoms with van der Waals surface area (Å²) in [5.41, 5.74) is 0.591. The number of nitro groups is 1. The van der Waals surface area contributed by atoms with Crippen molar-refractivity contribution in [1.29, 1.82) is 5.26 Å². The molecule has 1 aromatic heterocycles. The molecule has 0 atom stereocenters. The predicted molar refractivity (Wildman–Crippen MR) is 88.0 cm³/mol. The van der Waals surface area contributed by atoms with Gasteiger partial charge in [0.25, 0.3) is 5.69 Å². The zero-order chi connectivity index (χ0) is 17.1.